The first kappa shape index (κ1) is 25.8. The second-order valence-electron chi connectivity index (χ2n) is 8.63. The summed E-state index contributed by atoms with van der Waals surface area (Å²) in [5.74, 6) is -2.85. The minimum Gasteiger partial charge on any atom is -0.438 e. The molecule has 0 atom stereocenters. The molecule has 0 fully saturated rings. The third kappa shape index (κ3) is 4.65. The van der Waals surface area contributed by atoms with Gasteiger partial charge in [-0.15, -0.1) is 0 Å². The molecule has 198 valence electrons. The molecule has 4 aromatic heterocycles. The number of H-pyrrole nitrogens is 2. The van der Waals surface area contributed by atoms with Crippen molar-refractivity contribution in [2.24, 2.45) is 0 Å². The smallest absolute Gasteiger partial charge is 0.418 e. The quantitative estimate of drug-likeness (QED) is 0.271. The second-order valence-corrected chi connectivity index (χ2v) is 8.63. The molecule has 0 aliphatic heterocycles. The topological polar surface area (TPSA) is 101 Å². The molecule has 12 heteroatoms. The Kier molecular flexibility index (Phi) is 6.25. The lowest BCUT2D eigenvalue weighted by Gasteiger charge is -2.18. The highest BCUT2D eigenvalue weighted by Crippen LogP contribution is 2.41. The minimum absolute atomic E-state index is 0.0677. The summed E-state index contributed by atoms with van der Waals surface area (Å²) in [4.78, 5) is 38.6. The molecule has 5 aromatic rings. The van der Waals surface area contributed by atoms with E-state index in [4.69, 9.17) is 4.74 Å². The van der Waals surface area contributed by atoms with Crippen molar-refractivity contribution in [1.82, 2.24) is 19.9 Å². The molecular weight excluding hydrogens is 523 g/mol. The zero-order valence-corrected chi connectivity index (χ0v) is 20.2. The van der Waals surface area contributed by atoms with Gasteiger partial charge in [-0.05, 0) is 43.7 Å². The number of alkyl halides is 3. The number of nitrogens with one attached hydrogen (secondary N) is 2. The minimum atomic E-state index is -4.78. The van der Waals surface area contributed by atoms with Crippen molar-refractivity contribution in [3.05, 3.63) is 104 Å². The van der Waals surface area contributed by atoms with Gasteiger partial charge in [0.1, 0.15) is 5.75 Å². The molecule has 5 rings (SSSR count). The van der Waals surface area contributed by atoms with Crippen LogP contribution in [0.15, 0.2) is 64.6 Å². The second kappa shape index (κ2) is 9.46. The van der Waals surface area contributed by atoms with E-state index in [0.717, 1.165) is 18.2 Å². The molecule has 0 amide bonds. The van der Waals surface area contributed by atoms with Crippen LogP contribution in [0.4, 0.5) is 22.0 Å². The van der Waals surface area contributed by atoms with E-state index in [1.807, 2.05) is 0 Å². The molecular formula is C27H17F5N4O3. The highest BCUT2D eigenvalue weighted by atomic mass is 19.4. The summed E-state index contributed by atoms with van der Waals surface area (Å²) in [6.45, 7) is 2.42. The highest BCUT2D eigenvalue weighted by Gasteiger charge is 2.35. The Morgan fingerprint density at radius 1 is 0.949 bits per heavy atom. The monoisotopic (exact) mass is 540 g/mol. The van der Waals surface area contributed by atoms with Gasteiger partial charge < -0.3 is 14.7 Å². The van der Waals surface area contributed by atoms with E-state index in [0.29, 0.717) is 11.8 Å². The molecule has 0 aliphatic rings. The zero-order chi connectivity index (χ0) is 28.1. The average molecular weight is 540 g/mol. The lowest BCUT2D eigenvalue weighted by Crippen LogP contribution is -2.12. The molecule has 7 nitrogen and oxygen atoms in total. The van der Waals surface area contributed by atoms with Crippen molar-refractivity contribution >= 4 is 10.9 Å². The van der Waals surface area contributed by atoms with Gasteiger partial charge in [0.25, 0.3) is 0 Å². The standard InChI is InChI=1S/C27H17F5N4O3/c1-12-15(27(30,31)32)11-35-26(39-20-4-3-16(28)24(29)13(20)2)22(12)18-10-19(37)23-17(36-18)6-8-34-25(23)14-5-7-33-21(38)9-14/h3-11H,1-2H3,(H,33,38)(H,36,37). The Hall–Kier alpha value is -4.87. The van der Waals surface area contributed by atoms with Crippen molar-refractivity contribution < 1.29 is 26.7 Å². The highest BCUT2D eigenvalue weighted by molar-refractivity contribution is 5.93. The summed E-state index contributed by atoms with van der Waals surface area (Å²) in [5.41, 5.74) is -2.14. The third-order valence-electron chi connectivity index (χ3n) is 6.17. The summed E-state index contributed by atoms with van der Waals surface area (Å²) in [6.07, 6.45) is -1.45. The van der Waals surface area contributed by atoms with Gasteiger partial charge in [-0.3, -0.25) is 14.6 Å². The van der Waals surface area contributed by atoms with Gasteiger partial charge in [-0.25, -0.2) is 13.8 Å². The number of aromatic nitrogens is 4. The van der Waals surface area contributed by atoms with Crippen molar-refractivity contribution in [1.29, 1.82) is 0 Å². The Bertz CT molecular complexity index is 1880. The summed E-state index contributed by atoms with van der Waals surface area (Å²) in [6, 6.07) is 7.26. The van der Waals surface area contributed by atoms with E-state index in [9.17, 15) is 31.5 Å². The normalized spacial score (nSPS) is 11.7. The molecule has 0 radical (unpaired) electrons. The van der Waals surface area contributed by atoms with Gasteiger partial charge in [0.15, 0.2) is 17.1 Å². The van der Waals surface area contributed by atoms with E-state index < -0.39 is 34.4 Å². The van der Waals surface area contributed by atoms with Crippen molar-refractivity contribution in [2.75, 3.05) is 0 Å². The fourth-order valence-electron chi connectivity index (χ4n) is 4.25. The van der Waals surface area contributed by atoms with Crippen LogP contribution in [0.1, 0.15) is 16.7 Å². The Labute approximate surface area is 216 Å². The number of hydrogen-bond donors (Lipinski definition) is 2. The SMILES string of the molecule is Cc1c(Oc2ncc(C(F)(F)F)c(C)c2-c2cc(=O)c3c(-c4cc[nH]c(=O)c4)nccc3[nH]2)ccc(F)c1F. The maximum Gasteiger partial charge on any atom is 0.418 e. The number of ether oxygens (including phenoxy) is 1. The number of aromatic amines is 2. The maximum atomic E-state index is 14.1. The van der Waals surface area contributed by atoms with E-state index in [1.165, 1.54) is 38.4 Å². The number of fused-ring (bicyclic) bond motifs is 1. The number of rotatable bonds is 4. The lowest BCUT2D eigenvalue weighted by molar-refractivity contribution is -0.138. The van der Waals surface area contributed by atoms with E-state index in [1.54, 1.807) is 6.07 Å². The molecule has 0 spiro atoms. The Morgan fingerprint density at radius 2 is 1.72 bits per heavy atom. The van der Waals surface area contributed by atoms with Gasteiger partial charge in [-0.1, -0.05) is 0 Å². The van der Waals surface area contributed by atoms with Gasteiger partial charge >= 0.3 is 6.18 Å². The molecule has 4 heterocycles. The largest absolute Gasteiger partial charge is 0.438 e. The molecule has 0 saturated carbocycles. The molecule has 2 N–H and O–H groups in total. The van der Waals surface area contributed by atoms with Crippen molar-refractivity contribution in [2.45, 2.75) is 20.0 Å². The Morgan fingerprint density at radius 3 is 2.44 bits per heavy atom. The van der Waals surface area contributed by atoms with Crippen molar-refractivity contribution in [3.63, 3.8) is 0 Å². The van der Waals surface area contributed by atoms with E-state index in [2.05, 4.69) is 19.9 Å². The first-order valence-electron chi connectivity index (χ1n) is 11.4. The molecule has 0 bridgehead atoms. The fraction of sp³-hybridized carbons (Fsp3) is 0.111. The van der Waals surface area contributed by atoms with Crippen LogP contribution in [0, 0.1) is 25.5 Å². The summed E-state index contributed by atoms with van der Waals surface area (Å²) < 4.78 is 74.8. The van der Waals surface area contributed by atoms with Crippen LogP contribution in [0.3, 0.4) is 0 Å². The average Bonchev–Trinajstić information content (AvgIpc) is 2.88. The lowest BCUT2D eigenvalue weighted by atomic mass is 10.00. The van der Waals surface area contributed by atoms with Crippen LogP contribution in [-0.2, 0) is 6.18 Å². The number of nitrogens with zero attached hydrogens (tertiary/aromatic N) is 2. The van der Waals surface area contributed by atoms with Crippen LogP contribution in [0.5, 0.6) is 11.6 Å². The summed E-state index contributed by atoms with van der Waals surface area (Å²) >= 11 is 0. The number of benzene rings is 1. The fourth-order valence-corrected chi connectivity index (χ4v) is 4.25. The molecule has 0 saturated heterocycles. The van der Waals surface area contributed by atoms with Crippen LogP contribution < -0.4 is 15.7 Å². The zero-order valence-electron chi connectivity index (χ0n) is 20.2. The predicted molar refractivity (Wildman–Crippen MR) is 133 cm³/mol. The molecule has 0 unspecified atom stereocenters. The van der Waals surface area contributed by atoms with Gasteiger partial charge in [0.05, 0.1) is 33.4 Å². The first-order valence-corrected chi connectivity index (χ1v) is 11.4. The molecule has 1 aromatic carbocycles. The molecule has 0 aliphatic carbocycles. The van der Waals surface area contributed by atoms with Crippen LogP contribution in [-0.4, -0.2) is 19.9 Å². The van der Waals surface area contributed by atoms with E-state index in [-0.39, 0.29) is 50.6 Å². The van der Waals surface area contributed by atoms with Gasteiger partial charge in [-0.2, -0.15) is 13.2 Å². The Balaban J connectivity index is 1.75. The predicted octanol–water partition coefficient (Wildman–Crippen LogP) is 6.05. The van der Waals surface area contributed by atoms with Crippen LogP contribution >= 0.6 is 0 Å². The molecule has 39 heavy (non-hydrogen) atoms. The van der Waals surface area contributed by atoms with Gasteiger partial charge in [0.2, 0.25) is 11.4 Å². The van der Waals surface area contributed by atoms with Crippen molar-refractivity contribution in [3.8, 4) is 34.1 Å². The summed E-state index contributed by atoms with van der Waals surface area (Å²) in [7, 11) is 0. The van der Waals surface area contributed by atoms with Crippen LogP contribution in [0.2, 0.25) is 0 Å². The first-order chi connectivity index (χ1) is 18.5. The summed E-state index contributed by atoms with van der Waals surface area (Å²) in [5, 5.41) is 0.100. The third-order valence-corrected chi connectivity index (χ3v) is 6.17. The van der Waals surface area contributed by atoms with Crippen LogP contribution in [0.25, 0.3) is 33.4 Å². The maximum absolute atomic E-state index is 14.1. The number of hydrogen-bond acceptors (Lipinski definition) is 5. The van der Waals surface area contributed by atoms with E-state index >= 15 is 0 Å². The number of pyridine rings is 4. The number of halogens is 5. The van der Waals surface area contributed by atoms with Gasteiger partial charge in [0, 0.05) is 41.9 Å².